The molecule has 0 bridgehead atoms. The van der Waals surface area contributed by atoms with E-state index in [9.17, 15) is 0 Å². The number of ether oxygens (including phenoxy) is 1. The first-order chi connectivity index (χ1) is 7.37. The van der Waals surface area contributed by atoms with Gasteiger partial charge in [0.15, 0.2) is 0 Å². The van der Waals surface area contributed by atoms with Crippen molar-refractivity contribution in [2.45, 2.75) is 33.3 Å². The topological polar surface area (TPSA) is 9.23 Å². The summed E-state index contributed by atoms with van der Waals surface area (Å²) in [6.07, 6.45) is 2.15. The average molecular weight is 252 g/mol. The van der Waals surface area contributed by atoms with Gasteiger partial charge in [0.05, 0.1) is 4.88 Å². The molecule has 3 heteroatoms. The van der Waals surface area contributed by atoms with Crippen LogP contribution >= 0.6 is 23.1 Å². The van der Waals surface area contributed by atoms with Gasteiger partial charge < -0.3 is 4.74 Å². The van der Waals surface area contributed by atoms with Gasteiger partial charge >= 0.3 is 0 Å². The van der Waals surface area contributed by atoms with Gasteiger partial charge in [-0.2, -0.15) is 0 Å². The first kappa shape index (κ1) is 11.8. The molecule has 2 rings (SSSR count). The van der Waals surface area contributed by atoms with Crippen LogP contribution in [0.2, 0.25) is 0 Å². The fourth-order valence-electron chi connectivity index (χ4n) is 1.83. The van der Waals surface area contributed by atoms with Crippen molar-refractivity contribution in [1.82, 2.24) is 0 Å². The summed E-state index contributed by atoms with van der Waals surface area (Å²) < 4.78 is 6.05. The first-order valence-corrected chi connectivity index (χ1v) is 6.87. The highest BCUT2D eigenvalue weighted by molar-refractivity contribution is 8.11. The molecule has 0 aliphatic carbocycles. The van der Waals surface area contributed by atoms with E-state index in [1.165, 1.54) is 14.7 Å². The van der Waals surface area contributed by atoms with E-state index in [4.69, 9.17) is 4.74 Å². The van der Waals surface area contributed by atoms with Crippen LogP contribution in [0.25, 0.3) is 4.91 Å². The van der Waals surface area contributed by atoms with Gasteiger partial charge in [0, 0.05) is 9.78 Å². The molecular formula is C13H16OS2. The molecule has 0 unspecified atom stereocenters. The highest BCUT2D eigenvalue weighted by Crippen LogP contribution is 2.45. The van der Waals surface area contributed by atoms with Gasteiger partial charge in [0.1, 0.15) is 11.4 Å². The second-order valence-corrected chi connectivity index (χ2v) is 7.13. The summed E-state index contributed by atoms with van der Waals surface area (Å²) in [5.74, 6) is 0.966. The van der Waals surface area contributed by atoms with Crippen LogP contribution in [0.15, 0.2) is 23.6 Å². The summed E-state index contributed by atoms with van der Waals surface area (Å²) in [4.78, 5) is 4.76. The molecule has 16 heavy (non-hydrogen) atoms. The SMILES string of the molecule is C=C1S/C(C)=C\C(C)(C)Oc2cc(C)sc21. The maximum Gasteiger partial charge on any atom is 0.139 e. The summed E-state index contributed by atoms with van der Waals surface area (Å²) in [5, 5.41) is 0. The Labute approximate surface area is 105 Å². The number of fused-ring (bicyclic) bond motifs is 1. The molecule has 0 aromatic carbocycles. The van der Waals surface area contributed by atoms with E-state index in [0.717, 1.165) is 10.7 Å². The Bertz CT molecular complexity index is 466. The predicted octanol–water partition coefficient (Wildman–Crippen LogP) is 4.84. The Morgan fingerprint density at radius 2 is 2.00 bits per heavy atom. The number of allylic oxidation sites excluding steroid dienone is 1. The van der Waals surface area contributed by atoms with E-state index >= 15 is 0 Å². The average Bonchev–Trinajstić information content (AvgIpc) is 2.42. The Hall–Kier alpha value is -0.670. The lowest BCUT2D eigenvalue weighted by Crippen LogP contribution is -2.26. The number of rotatable bonds is 0. The molecule has 1 aliphatic heterocycles. The summed E-state index contributed by atoms with van der Waals surface area (Å²) in [7, 11) is 0. The zero-order valence-corrected chi connectivity index (χ0v) is 11.7. The van der Waals surface area contributed by atoms with Gasteiger partial charge in [-0.25, -0.2) is 0 Å². The summed E-state index contributed by atoms with van der Waals surface area (Å²) in [6.45, 7) is 12.5. The maximum atomic E-state index is 6.05. The van der Waals surface area contributed by atoms with Crippen molar-refractivity contribution in [2.24, 2.45) is 0 Å². The van der Waals surface area contributed by atoms with Gasteiger partial charge in [-0.3, -0.25) is 0 Å². The zero-order valence-electron chi connectivity index (χ0n) is 10.1. The van der Waals surface area contributed by atoms with Gasteiger partial charge in [0.2, 0.25) is 0 Å². The standard InChI is InChI=1S/C13H16OS2/c1-8-6-11-12(16-8)10(3)15-9(2)7-13(4,5)14-11/h6-7H,3H2,1-2,4-5H3/b9-7-. The van der Waals surface area contributed by atoms with Crippen LogP contribution in [-0.4, -0.2) is 5.60 Å². The molecule has 1 aliphatic rings. The van der Waals surface area contributed by atoms with Crippen LogP contribution in [0.1, 0.15) is 30.5 Å². The molecule has 0 saturated carbocycles. The molecule has 1 aromatic rings. The van der Waals surface area contributed by atoms with Crippen LogP contribution in [0, 0.1) is 6.92 Å². The molecule has 0 atom stereocenters. The van der Waals surface area contributed by atoms with Crippen molar-refractivity contribution in [1.29, 1.82) is 0 Å². The largest absolute Gasteiger partial charge is 0.482 e. The third kappa shape index (κ3) is 2.36. The second kappa shape index (κ2) is 3.97. The number of hydrogen-bond acceptors (Lipinski definition) is 3. The smallest absolute Gasteiger partial charge is 0.139 e. The number of thioether (sulfide) groups is 1. The van der Waals surface area contributed by atoms with Crippen LogP contribution in [0.4, 0.5) is 0 Å². The fourth-order valence-corrected chi connectivity index (χ4v) is 3.81. The summed E-state index contributed by atoms with van der Waals surface area (Å²) in [5.41, 5.74) is -0.250. The van der Waals surface area contributed by atoms with Gasteiger partial charge in [-0.15, -0.1) is 11.3 Å². The molecule has 2 heterocycles. The minimum absolute atomic E-state index is 0.250. The zero-order chi connectivity index (χ0) is 11.9. The molecule has 1 aromatic heterocycles. The second-order valence-electron chi connectivity index (χ2n) is 4.54. The van der Waals surface area contributed by atoms with Gasteiger partial charge in [-0.05, 0) is 44.7 Å². The van der Waals surface area contributed by atoms with E-state index in [-0.39, 0.29) is 5.60 Å². The molecule has 0 N–H and O–H groups in total. The Morgan fingerprint density at radius 1 is 1.31 bits per heavy atom. The van der Waals surface area contributed by atoms with Crippen molar-refractivity contribution in [3.8, 4) is 5.75 Å². The minimum atomic E-state index is -0.250. The number of hydrogen-bond donors (Lipinski definition) is 0. The molecule has 0 amide bonds. The van der Waals surface area contributed by atoms with Crippen LogP contribution in [-0.2, 0) is 0 Å². The first-order valence-electron chi connectivity index (χ1n) is 5.23. The maximum absolute atomic E-state index is 6.05. The highest BCUT2D eigenvalue weighted by Gasteiger charge is 2.24. The molecular weight excluding hydrogens is 236 g/mol. The molecule has 0 fully saturated rings. The lowest BCUT2D eigenvalue weighted by atomic mass is 10.1. The lowest BCUT2D eigenvalue weighted by molar-refractivity contribution is 0.162. The molecule has 0 spiro atoms. The highest BCUT2D eigenvalue weighted by atomic mass is 32.2. The summed E-state index contributed by atoms with van der Waals surface area (Å²) >= 11 is 3.48. The van der Waals surface area contributed by atoms with Crippen LogP contribution < -0.4 is 4.74 Å². The Morgan fingerprint density at radius 3 is 2.69 bits per heavy atom. The lowest BCUT2D eigenvalue weighted by Gasteiger charge is -2.26. The van der Waals surface area contributed by atoms with Crippen LogP contribution in [0.5, 0.6) is 5.75 Å². The van der Waals surface area contributed by atoms with Crippen molar-refractivity contribution in [3.63, 3.8) is 0 Å². The number of aryl methyl sites for hydroxylation is 1. The Balaban J connectivity index is 2.49. The van der Waals surface area contributed by atoms with E-state index < -0.39 is 0 Å². The fraction of sp³-hybridized carbons (Fsp3) is 0.385. The monoisotopic (exact) mass is 252 g/mol. The third-order valence-corrected chi connectivity index (χ3v) is 4.39. The predicted molar refractivity (Wildman–Crippen MR) is 74.1 cm³/mol. The van der Waals surface area contributed by atoms with Crippen molar-refractivity contribution in [2.75, 3.05) is 0 Å². The normalized spacial score (nSPS) is 22.5. The molecule has 1 nitrogen and oxygen atoms in total. The quantitative estimate of drug-likeness (QED) is 0.653. The Kier molecular flexibility index (Phi) is 2.93. The summed E-state index contributed by atoms with van der Waals surface area (Å²) in [6, 6.07) is 2.10. The van der Waals surface area contributed by atoms with E-state index in [2.05, 4.69) is 46.4 Å². The van der Waals surface area contributed by atoms with Crippen molar-refractivity contribution in [3.05, 3.63) is 33.4 Å². The molecule has 0 radical (unpaired) electrons. The molecule has 0 saturated heterocycles. The van der Waals surface area contributed by atoms with Crippen LogP contribution in [0.3, 0.4) is 0 Å². The van der Waals surface area contributed by atoms with Crippen molar-refractivity contribution >= 4 is 28.0 Å². The number of thiophene rings is 1. The van der Waals surface area contributed by atoms with E-state index in [1.54, 1.807) is 23.1 Å². The van der Waals surface area contributed by atoms with Gasteiger partial charge in [-0.1, -0.05) is 18.3 Å². The van der Waals surface area contributed by atoms with E-state index in [0.29, 0.717) is 0 Å². The minimum Gasteiger partial charge on any atom is -0.482 e. The van der Waals surface area contributed by atoms with Gasteiger partial charge in [0.25, 0.3) is 0 Å². The molecule has 86 valence electrons. The third-order valence-electron chi connectivity index (χ3n) is 2.28. The van der Waals surface area contributed by atoms with Crippen molar-refractivity contribution < 1.29 is 4.74 Å². The van der Waals surface area contributed by atoms with E-state index in [1.807, 2.05) is 0 Å².